The van der Waals surface area contributed by atoms with Crippen molar-refractivity contribution < 1.29 is 14.4 Å². The first-order valence-electron chi connectivity index (χ1n) is 8.58. The highest BCUT2D eigenvalue weighted by Gasteiger charge is 2.37. The quantitative estimate of drug-likeness (QED) is 0.515. The molecule has 1 aliphatic rings. The van der Waals surface area contributed by atoms with E-state index in [1.54, 1.807) is 18.2 Å². The van der Waals surface area contributed by atoms with E-state index >= 15 is 0 Å². The number of allylic oxidation sites excluding steroid dienone is 1. The maximum atomic E-state index is 11.2. The van der Waals surface area contributed by atoms with E-state index in [1.807, 2.05) is 18.2 Å². The molecule has 4 rings (SSSR count). The predicted molar refractivity (Wildman–Crippen MR) is 103 cm³/mol. The number of H-pyrrole nitrogens is 1. The SMILES string of the molecule is COc1ccccc1[C@H]1C(C#N)=C(N)Oc2n[nH]c(-c3cccc([N+](=O)[O-])c3)c21. The van der Waals surface area contributed by atoms with E-state index in [2.05, 4.69) is 16.3 Å². The Morgan fingerprint density at radius 2 is 2.10 bits per heavy atom. The fourth-order valence-electron chi connectivity index (χ4n) is 3.46. The van der Waals surface area contributed by atoms with Gasteiger partial charge in [-0.25, -0.2) is 0 Å². The number of nitro benzene ring substituents is 1. The molecule has 0 amide bonds. The Balaban J connectivity index is 1.97. The summed E-state index contributed by atoms with van der Waals surface area (Å²) >= 11 is 0. The number of nitriles is 1. The number of para-hydroxylation sites is 1. The summed E-state index contributed by atoms with van der Waals surface area (Å²) in [6.07, 6.45) is 0. The highest BCUT2D eigenvalue weighted by Crippen LogP contribution is 2.47. The molecule has 3 aromatic rings. The number of benzene rings is 2. The van der Waals surface area contributed by atoms with E-state index in [4.69, 9.17) is 15.2 Å². The summed E-state index contributed by atoms with van der Waals surface area (Å²) in [5.41, 5.74) is 8.42. The van der Waals surface area contributed by atoms with Crippen LogP contribution in [0.15, 0.2) is 60.0 Å². The minimum absolute atomic E-state index is 0.0481. The molecule has 0 radical (unpaired) electrons. The van der Waals surface area contributed by atoms with Crippen LogP contribution in [0.25, 0.3) is 11.3 Å². The van der Waals surface area contributed by atoms with Crippen LogP contribution in [-0.4, -0.2) is 22.2 Å². The van der Waals surface area contributed by atoms with Crippen LogP contribution < -0.4 is 15.2 Å². The van der Waals surface area contributed by atoms with Gasteiger partial charge in [0.05, 0.1) is 29.2 Å². The molecule has 0 saturated heterocycles. The zero-order valence-corrected chi connectivity index (χ0v) is 15.2. The van der Waals surface area contributed by atoms with Crippen LogP contribution in [-0.2, 0) is 0 Å². The molecule has 0 aliphatic carbocycles. The van der Waals surface area contributed by atoms with Crippen LogP contribution in [0.1, 0.15) is 17.0 Å². The molecule has 0 unspecified atom stereocenters. The zero-order valence-electron chi connectivity index (χ0n) is 15.2. The molecule has 2 heterocycles. The topological polar surface area (TPSA) is 140 Å². The lowest BCUT2D eigenvalue weighted by Gasteiger charge is -2.25. The van der Waals surface area contributed by atoms with Crippen molar-refractivity contribution in [3.8, 4) is 29.0 Å². The van der Waals surface area contributed by atoms with Gasteiger partial charge < -0.3 is 15.2 Å². The van der Waals surface area contributed by atoms with Gasteiger partial charge in [0.2, 0.25) is 11.8 Å². The minimum atomic E-state index is -0.618. The van der Waals surface area contributed by atoms with Gasteiger partial charge in [-0.1, -0.05) is 30.3 Å². The third-order valence-corrected chi connectivity index (χ3v) is 4.73. The molecule has 1 aliphatic heterocycles. The average molecular weight is 389 g/mol. The van der Waals surface area contributed by atoms with E-state index in [9.17, 15) is 15.4 Å². The smallest absolute Gasteiger partial charge is 0.270 e. The Hall–Kier alpha value is -4.32. The molecule has 29 heavy (non-hydrogen) atoms. The summed E-state index contributed by atoms with van der Waals surface area (Å²) < 4.78 is 11.0. The second-order valence-electron chi connectivity index (χ2n) is 6.29. The fourth-order valence-corrected chi connectivity index (χ4v) is 3.46. The third-order valence-electron chi connectivity index (χ3n) is 4.73. The Labute approximate surface area is 165 Å². The lowest BCUT2D eigenvalue weighted by Crippen LogP contribution is -2.21. The molecule has 9 nitrogen and oxygen atoms in total. The van der Waals surface area contributed by atoms with Crippen molar-refractivity contribution in [2.75, 3.05) is 7.11 Å². The molecule has 2 aromatic carbocycles. The molecule has 0 saturated carbocycles. The van der Waals surface area contributed by atoms with Gasteiger partial charge in [0.25, 0.3) is 5.69 Å². The van der Waals surface area contributed by atoms with Crippen LogP contribution in [0, 0.1) is 21.4 Å². The molecular formula is C20H15N5O4. The first-order chi connectivity index (χ1) is 14.0. The first kappa shape index (κ1) is 18.1. The van der Waals surface area contributed by atoms with Crippen LogP contribution in [0.4, 0.5) is 5.69 Å². The maximum absolute atomic E-state index is 11.2. The summed E-state index contributed by atoms with van der Waals surface area (Å²) in [4.78, 5) is 10.7. The van der Waals surface area contributed by atoms with Gasteiger partial charge >= 0.3 is 0 Å². The standard InChI is InChI=1S/C20H15N5O4/c1-28-15-8-3-2-7-13(15)16-14(10-21)19(22)29-20-17(16)18(23-24-20)11-5-4-6-12(9-11)25(26)27/h2-9,16H,22H2,1H3,(H,23,24)/t16-/m0/s1. The van der Waals surface area contributed by atoms with E-state index in [0.717, 1.165) is 0 Å². The second kappa shape index (κ2) is 7.01. The summed E-state index contributed by atoms with van der Waals surface area (Å²) in [6.45, 7) is 0. The molecule has 0 bridgehead atoms. The van der Waals surface area contributed by atoms with E-state index < -0.39 is 10.8 Å². The summed E-state index contributed by atoms with van der Waals surface area (Å²) in [5, 5.41) is 28.0. The molecule has 9 heteroatoms. The monoisotopic (exact) mass is 389 g/mol. The number of fused-ring (bicyclic) bond motifs is 1. The average Bonchev–Trinajstić information content (AvgIpc) is 3.16. The van der Waals surface area contributed by atoms with Gasteiger partial charge in [-0.15, -0.1) is 5.10 Å². The van der Waals surface area contributed by atoms with Gasteiger partial charge in [0, 0.05) is 23.3 Å². The number of non-ortho nitro benzene ring substituents is 1. The summed E-state index contributed by atoms with van der Waals surface area (Å²) in [7, 11) is 1.54. The number of nitrogens with one attached hydrogen (secondary N) is 1. The minimum Gasteiger partial charge on any atom is -0.496 e. The number of methoxy groups -OCH3 is 1. The second-order valence-corrected chi connectivity index (χ2v) is 6.29. The number of nitro groups is 1. The van der Waals surface area contributed by atoms with Crippen molar-refractivity contribution in [2.45, 2.75) is 5.92 Å². The lowest BCUT2D eigenvalue weighted by molar-refractivity contribution is -0.384. The van der Waals surface area contributed by atoms with Gasteiger partial charge in [-0.05, 0) is 6.07 Å². The summed E-state index contributed by atoms with van der Waals surface area (Å²) in [5.74, 6) is 0.108. The van der Waals surface area contributed by atoms with Gasteiger partial charge in [0.15, 0.2) is 0 Å². The van der Waals surface area contributed by atoms with Crippen LogP contribution in [0.5, 0.6) is 11.6 Å². The molecule has 0 fully saturated rings. The highest BCUT2D eigenvalue weighted by atomic mass is 16.6. The van der Waals surface area contributed by atoms with E-state index in [1.165, 1.54) is 19.2 Å². The van der Waals surface area contributed by atoms with Gasteiger partial charge in [0.1, 0.15) is 17.4 Å². The normalized spacial score (nSPS) is 15.2. The van der Waals surface area contributed by atoms with Crippen LogP contribution in [0.3, 0.4) is 0 Å². The Morgan fingerprint density at radius 3 is 2.83 bits per heavy atom. The van der Waals surface area contributed by atoms with Crippen molar-refractivity contribution in [2.24, 2.45) is 5.73 Å². The fraction of sp³-hybridized carbons (Fsp3) is 0.100. The van der Waals surface area contributed by atoms with Crippen molar-refractivity contribution >= 4 is 5.69 Å². The Bertz CT molecular complexity index is 1190. The Kier molecular flexibility index (Phi) is 4.37. The van der Waals surface area contributed by atoms with Crippen molar-refractivity contribution in [1.82, 2.24) is 10.2 Å². The molecule has 3 N–H and O–H groups in total. The molecular weight excluding hydrogens is 374 g/mol. The number of hydrogen-bond donors (Lipinski definition) is 2. The highest BCUT2D eigenvalue weighted by molar-refractivity contribution is 5.72. The maximum Gasteiger partial charge on any atom is 0.270 e. The molecule has 1 aromatic heterocycles. The van der Waals surface area contributed by atoms with Crippen LogP contribution >= 0.6 is 0 Å². The molecule has 1 atom stereocenters. The first-order valence-corrected chi connectivity index (χ1v) is 8.58. The van der Waals surface area contributed by atoms with Crippen molar-refractivity contribution in [3.05, 3.63) is 81.2 Å². The summed E-state index contributed by atoms with van der Waals surface area (Å²) in [6, 6.07) is 15.5. The van der Waals surface area contributed by atoms with Crippen molar-refractivity contribution in [3.63, 3.8) is 0 Å². The zero-order chi connectivity index (χ0) is 20.5. The Morgan fingerprint density at radius 1 is 1.31 bits per heavy atom. The molecule has 0 spiro atoms. The third kappa shape index (κ3) is 2.93. The van der Waals surface area contributed by atoms with Gasteiger partial charge in [-0.2, -0.15) is 5.26 Å². The number of nitrogens with two attached hydrogens (primary N) is 1. The lowest BCUT2D eigenvalue weighted by atomic mass is 9.82. The molecule has 144 valence electrons. The number of aromatic amines is 1. The van der Waals surface area contributed by atoms with Crippen molar-refractivity contribution in [1.29, 1.82) is 5.26 Å². The number of ether oxygens (including phenoxy) is 2. The van der Waals surface area contributed by atoms with E-state index in [-0.39, 0.29) is 23.0 Å². The number of aromatic nitrogens is 2. The van der Waals surface area contributed by atoms with Crippen LogP contribution in [0.2, 0.25) is 0 Å². The number of rotatable bonds is 4. The van der Waals surface area contributed by atoms with E-state index in [0.29, 0.717) is 28.1 Å². The number of nitrogens with zero attached hydrogens (tertiary/aromatic N) is 3. The largest absolute Gasteiger partial charge is 0.496 e. The predicted octanol–water partition coefficient (Wildman–Crippen LogP) is 3.21. The van der Waals surface area contributed by atoms with Gasteiger partial charge in [-0.3, -0.25) is 15.2 Å². The number of hydrogen-bond acceptors (Lipinski definition) is 7.